The van der Waals surface area contributed by atoms with E-state index >= 15 is 0 Å². The fraction of sp³-hybridized carbons (Fsp3) is 0.269. The summed E-state index contributed by atoms with van der Waals surface area (Å²) in [4.78, 5) is 13.1. The molecule has 3 heteroatoms. The number of hydrogen-bond donors (Lipinski definition) is 1. The molecule has 0 saturated heterocycles. The van der Waals surface area contributed by atoms with Gasteiger partial charge in [0.05, 0.1) is 6.04 Å². The quantitative estimate of drug-likeness (QED) is 0.567. The standard InChI is InChI=1S/C26H29NO2/c1-5-24(29-23-16-13-19(3)20(4)17-23)26(28)27-25(21-9-7-6-8-10-21)22-14-11-18(2)12-15-22/h6-17,24-25H,5H2,1-4H3,(H,27,28)/t24-,25+/m1/s1. The van der Waals surface area contributed by atoms with E-state index in [1.165, 1.54) is 11.1 Å². The first-order chi connectivity index (χ1) is 14.0. The third-order valence-electron chi connectivity index (χ3n) is 5.25. The molecular formula is C26H29NO2. The normalized spacial score (nSPS) is 12.8. The Morgan fingerprint density at radius 1 is 0.862 bits per heavy atom. The average Bonchev–Trinajstić information content (AvgIpc) is 2.74. The molecule has 0 heterocycles. The summed E-state index contributed by atoms with van der Waals surface area (Å²) in [6.45, 7) is 8.14. The molecule has 3 rings (SSSR count). The van der Waals surface area contributed by atoms with Crippen molar-refractivity contribution in [1.82, 2.24) is 5.32 Å². The van der Waals surface area contributed by atoms with E-state index in [0.717, 1.165) is 22.4 Å². The second-order valence-electron chi connectivity index (χ2n) is 7.52. The Morgan fingerprint density at radius 2 is 1.52 bits per heavy atom. The number of aryl methyl sites for hydroxylation is 3. The topological polar surface area (TPSA) is 38.3 Å². The molecule has 2 atom stereocenters. The van der Waals surface area contributed by atoms with Gasteiger partial charge in [-0.2, -0.15) is 0 Å². The lowest BCUT2D eigenvalue weighted by molar-refractivity contribution is -0.128. The molecule has 1 amide bonds. The predicted octanol–water partition coefficient (Wildman–Crippen LogP) is 5.68. The van der Waals surface area contributed by atoms with Gasteiger partial charge in [-0.25, -0.2) is 0 Å². The number of rotatable bonds is 7. The smallest absolute Gasteiger partial charge is 0.261 e. The lowest BCUT2D eigenvalue weighted by Crippen LogP contribution is -2.40. The number of hydrogen-bond acceptors (Lipinski definition) is 2. The minimum atomic E-state index is -0.547. The van der Waals surface area contributed by atoms with Gasteiger partial charge in [0.1, 0.15) is 5.75 Å². The van der Waals surface area contributed by atoms with Gasteiger partial charge in [0.25, 0.3) is 5.91 Å². The molecule has 1 N–H and O–H groups in total. The van der Waals surface area contributed by atoms with Crippen molar-refractivity contribution in [3.05, 3.63) is 101 Å². The maximum atomic E-state index is 13.1. The van der Waals surface area contributed by atoms with Crippen molar-refractivity contribution < 1.29 is 9.53 Å². The van der Waals surface area contributed by atoms with E-state index in [-0.39, 0.29) is 11.9 Å². The summed E-state index contributed by atoms with van der Waals surface area (Å²) in [5.74, 6) is 0.613. The van der Waals surface area contributed by atoms with Crippen LogP contribution >= 0.6 is 0 Å². The van der Waals surface area contributed by atoms with Crippen molar-refractivity contribution in [3.63, 3.8) is 0 Å². The van der Waals surface area contributed by atoms with E-state index in [9.17, 15) is 4.79 Å². The van der Waals surface area contributed by atoms with Crippen LogP contribution in [0.25, 0.3) is 0 Å². The van der Waals surface area contributed by atoms with Crippen LogP contribution in [-0.2, 0) is 4.79 Å². The van der Waals surface area contributed by atoms with E-state index in [1.807, 2.05) is 62.4 Å². The molecule has 0 radical (unpaired) electrons. The molecule has 0 aliphatic carbocycles. The maximum absolute atomic E-state index is 13.1. The zero-order chi connectivity index (χ0) is 20.8. The SMILES string of the molecule is CC[C@@H](Oc1ccc(C)c(C)c1)C(=O)N[C@@H](c1ccccc1)c1ccc(C)cc1. The minimum Gasteiger partial charge on any atom is -0.481 e. The Hall–Kier alpha value is -3.07. The number of carbonyl (C=O) groups excluding carboxylic acids is 1. The molecule has 0 unspecified atom stereocenters. The van der Waals surface area contributed by atoms with Gasteiger partial charge < -0.3 is 10.1 Å². The highest BCUT2D eigenvalue weighted by Gasteiger charge is 2.24. The highest BCUT2D eigenvalue weighted by molar-refractivity contribution is 5.82. The maximum Gasteiger partial charge on any atom is 0.261 e. The first-order valence-electron chi connectivity index (χ1n) is 10.1. The predicted molar refractivity (Wildman–Crippen MR) is 118 cm³/mol. The van der Waals surface area contributed by atoms with Crippen LogP contribution in [0.3, 0.4) is 0 Å². The Morgan fingerprint density at radius 3 is 2.14 bits per heavy atom. The number of amides is 1. The first kappa shape index (κ1) is 20.7. The molecule has 0 aromatic heterocycles. The van der Waals surface area contributed by atoms with Gasteiger partial charge in [-0.15, -0.1) is 0 Å². The molecule has 0 aliphatic rings. The molecule has 0 spiro atoms. The summed E-state index contributed by atoms with van der Waals surface area (Å²) < 4.78 is 6.04. The van der Waals surface area contributed by atoms with Gasteiger partial charge in [0.2, 0.25) is 0 Å². The average molecular weight is 388 g/mol. The van der Waals surface area contributed by atoms with Gasteiger partial charge in [-0.05, 0) is 61.6 Å². The molecule has 150 valence electrons. The summed E-state index contributed by atoms with van der Waals surface area (Å²) in [7, 11) is 0. The zero-order valence-electron chi connectivity index (χ0n) is 17.6. The Kier molecular flexibility index (Phi) is 6.71. The Labute approximate surface area is 173 Å². The summed E-state index contributed by atoms with van der Waals surface area (Å²) in [6, 6.07) is 24.0. The molecule has 0 saturated carbocycles. The number of ether oxygens (including phenoxy) is 1. The van der Waals surface area contributed by atoms with Gasteiger partial charge >= 0.3 is 0 Å². The van der Waals surface area contributed by atoms with Gasteiger partial charge in [-0.1, -0.05) is 73.2 Å². The summed E-state index contributed by atoms with van der Waals surface area (Å²) in [6.07, 6.45) is 0.0440. The van der Waals surface area contributed by atoms with Crippen LogP contribution < -0.4 is 10.1 Å². The number of benzene rings is 3. The summed E-state index contributed by atoms with van der Waals surface area (Å²) >= 11 is 0. The summed E-state index contributed by atoms with van der Waals surface area (Å²) in [5, 5.41) is 3.20. The molecule has 3 aromatic carbocycles. The highest BCUT2D eigenvalue weighted by atomic mass is 16.5. The third kappa shape index (κ3) is 5.26. The highest BCUT2D eigenvalue weighted by Crippen LogP contribution is 2.24. The van der Waals surface area contributed by atoms with E-state index < -0.39 is 6.10 Å². The molecule has 0 fully saturated rings. The minimum absolute atomic E-state index is 0.111. The van der Waals surface area contributed by atoms with Crippen LogP contribution in [0.2, 0.25) is 0 Å². The molecule has 3 aromatic rings. The van der Waals surface area contributed by atoms with Crippen molar-refractivity contribution in [2.24, 2.45) is 0 Å². The van der Waals surface area contributed by atoms with Crippen LogP contribution in [0.5, 0.6) is 5.75 Å². The Balaban J connectivity index is 1.82. The van der Waals surface area contributed by atoms with Crippen LogP contribution in [0, 0.1) is 20.8 Å². The lowest BCUT2D eigenvalue weighted by atomic mass is 9.97. The van der Waals surface area contributed by atoms with Crippen LogP contribution in [0.4, 0.5) is 0 Å². The zero-order valence-corrected chi connectivity index (χ0v) is 17.6. The van der Waals surface area contributed by atoms with Crippen LogP contribution in [0.15, 0.2) is 72.8 Å². The van der Waals surface area contributed by atoms with Gasteiger partial charge in [-0.3, -0.25) is 4.79 Å². The van der Waals surface area contributed by atoms with Crippen molar-refractivity contribution in [2.45, 2.75) is 46.3 Å². The van der Waals surface area contributed by atoms with Crippen molar-refractivity contribution in [2.75, 3.05) is 0 Å². The fourth-order valence-electron chi connectivity index (χ4n) is 3.27. The van der Waals surface area contributed by atoms with E-state index in [0.29, 0.717) is 6.42 Å². The largest absolute Gasteiger partial charge is 0.481 e. The first-order valence-corrected chi connectivity index (χ1v) is 10.1. The van der Waals surface area contributed by atoms with Crippen molar-refractivity contribution in [1.29, 1.82) is 0 Å². The van der Waals surface area contributed by atoms with Gasteiger partial charge in [0.15, 0.2) is 6.10 Å². The fourth-order valence-corrected chi connectivity index (χ4v) is 3.27. The van der Waals surface area contributed by atoms with Crippen LogP contribution in [-0.4, -0.2) is 12.0 Å². The number of carbonyl (C=O) groups is 1. The molecule has 29 heavy (non-hydrogen) atoms. The monoisotopic (exact) mass is 387 g/mol. The molecule has 0 aliphatic heterocycles. The number of nitrogens with one attached hydrogen (secondary N) is 1. The second-order valence-corrected chi connectivity index (χ2v) is 7.52. The molecular weight excluding hydrogens is 358 g/mol. The molecule has 3 nitrogen and oxygen atoms in total. The summed E-state index contributed by atoms with van der Waals surface area (Å²) in [5.41, 5.74) is 5.65. The lowest BCUT2D eigenvalue weighted by Gasteiger charge is -2.24. The van der Waals surface area contributed by atoms with Crippen molar-refractivity contribution in [3.8, 4) is 5.75 Å². The van der Waals surface area contributed by atoms with Crippen molar-refractivity contribution >= 4 is 5.91 Å². The van der Waals surface area contributed by atoms with Crippen LogP contribution in [0.1, 0.15) is 47.2 Å². The van der Waals surface area contributed by atoms with E-state index in [1.54, 1.807) is 0 Å². The van der Waals surface area contributed by atoms with E-state index in [4.69, 9.17) is 4.74 Å². The molecule has 0 bridgehead atoms. The van der Waals surface area contributed by atoms with E-state index in [2.05, 4.69) is 43.4 Å². The third-order valence-corrected chi connectivity index (χ3v) is 5.25. The van der Waals surface area contributed by atoms with Gasteiger partial charge in [0, 0.05) is 0 Å². The second kappa shape index (κ2) is 9.42. The Bertz CT molecular complexity index is 948.